The zero-order valence-corrected chi connectivity index (χ0v) is 11.3. The van der Waals surface area contributed by atoms with Crippen LogP contribution in [-0.4, -0.2) is 6.54 Å². The minimum atomic E-state index is -0.0684. The third-order valence-corrected chi connectivity index (χ3v) is 4.04. The van der Waals surface area contributed by atoms with Gasteiger partial charge in [0.15, 0.2) is 0 Å². The molecule has 2 N–H and O–H groups in total. The largest absolute Gasteiger partial charge is 0.484 e. The highest BCUT2D eigenvalue weighted by Crippen LogP contribution is 2.27. The Balaban J connectivity index is 1.88. The van der Waals surface area contributed by atoms with Crippen LogP contribution >= 0.6 is 11.3 Å². The standard InChI is InChI=1S/C16H15NOS/c17-11-15(16-6-3-9-19-16)18-14-8-7-12-4-1-2-5-13(12)10-14/h1-10,15H,11,17H2. The Morgan fingerprint density at radius 2 is 1.84 bits per heavy atom. The molecule has 3 aromatic rings. The Morgan fingerprint density at radius 3 is 2.58 bits per heavy atom. The van der Waals surface area contributed by atoms with Crippen LogP contribution in [0.1, 0.15) is 11.0 Å². The third-order valence-electron chi connectivity index (χ3n) is 3.07. The number of ether oxygens (including phenoxy) is 1. The molecule has 0 aliphatic heterocycles. The molecule has 1 unspecified atom stereocenters. The maximum atomic E-state index is 6.00. The van der Waals surface area contributed by atoms with Crippen molar-refractivity contribution in [3.05, 3.63) is 64.9 Å². The summed E-state index contributed by atoms with van der Waals surface area (Å²) in [6, 6.07) is 18.5. The molecular formula is C16H15NOS. The van der Waals surface area contributed by atoms with Crippen LogP contribution in [0, 0.1) is 0 Å². The first-order valence-corrected chi connectivity index (χ1v) is 7.14. The molecule has 0 amide bonds. The number of thiophene rings is 1. The maximum Gasteiger partial charge on any atom is 0.145 e. The van der Waals surface area contributed by atoms with Gasteiger partial charge in [-0.3, -0.25) is 0 Å². The van der Waals surface area contributed by atoms with Crippen LogP contribution in [0.2, 0.25) is 0 Å². The highest BCUT2D eigenvalue weighted by Gasteiger charge is 2.12. The van der Waals surface area contributed by atoms with Crippen molar-refractivity contribution in [2.45, 2.75) is 6.10 Å². The van der Waals surface area contributed by atoms with Crippen LogP contribution in [0.5, 0.6) is 5.75 Å². The van der Waals surface area contributed by atoms with Gasteiger partial charge in [0.25, 0.3) is 0 Å². The lowest BCUT2D eigenvalue weighted by molar-refractivity contribution is 0.218. The van der Waals surface area contributed by atoms with Crippen molar-refractivity contribution in [2.75, 3.05) is 6.54 Å². The van der Waals surface area contributed by atoms with Crippen molar-refractivity contribution in [3.8, 4) is 5.75 Å². The molecule has 96 valence electrons. The Bertz CT molecular complexity index is 663. The van der Waals surface area contributed by atoms with Gasteiger partial charge < -0.3 is 10.5 Å². The third kappa shape index (κ3) is 2.62. The second-order valence-corrected chi connectivity index (χ2v) is 5.35. The summed E-state index contributed by atoms with van der Waals surface area (Å²) in [6.07, 6.45) is -0.0684. The normalized spacial score (nSPS) is 12.5. The van der Waals surface area contributed by atoms with Gasteiger partial charge in [0.05, 0.1) is 0 Å². The van der Waals surface area contributed by atoms with Crippen LogP contribution in [-0.2, 0) is 0 Å². The minimum Gasteiger partial charge on any atom is -0.484 e. The number of benzene rings is 2. The Morgan fingerprint density at radius 1 is 1.00 bits per heavy atom. The molecule has 0 fully saturated rings. The lowest BCUT2D eigenvalue weighted by Gasteiger charge is -2.16. The maximum absolute atomic E-state index is 6.00. The summed E-state index contributed by atoms with van der Waals surface area (Å²) in [4.78, 5) is 1.16. The van der Waals surface area contributed by atoms with Gasteiger partial charge in [-0.1, -0.05) is 36.4 Å². The highest BCUT2D eigenvalue weighted by molar-refractivity contribution is 7.10. The summed E-state index contributed by atoms with van der Waals surface area (Å²) < 4.78 is 6.00. The molecule has 2 nitrogen and oxygen atoms in total. The van der Waals surface area contributed by atoms with Crippen molar-refractivity contribution >= 4 is 22.1 Å². The molecule has 0 bridgehead atoms. The first-order valence-electron chi connectivity index (χ1n) is 6.26. The molecular weight excluding hydrogens is 254 g/mol. The molecule has 0 aliphatic rings. The molecule has 3 heteroatoms. The Hall–Kier alpha value is -1.84. The van der Waals surface area contributed by atoms with Crippen molar-refractivity contribution in [3.63, 3.8) is 0 Å². The van der Waals surface area contributed by atoms with Crippen molar-refractivity contribution in [1.29, 1.82) is 0 Å². The van der Waals surface area contributed by atoms with Crippen molar-refractivity contribution in [1.82, 2.24) is 0 Å². The predicted octanol–water partition coefficient (Wildman–Crippen LogP) is 3.98. The Labute approximate surface area is 116 Å². The fourth-order valence-electron chi connectivity index (χ4n) is 2.10. The monoisotopic (exact) mass is 269 g/mol. The molecule has 0 spiro atoms. The summed E-state index contributed by atoms with van der Waals surface area (Å²) in [5.74, 6) is 0.863. The number of hydrogen-bond acceptors (Lipinski definition) is 3. The molecule has 1 aromatic heterocycles. The summed E-state index contributed by atoms with van der Waals surface area (Å²) in [5.41, 5.74) is 5.81. The van der Waals surface area contributed by atoms with Gasteiger partial charge in [0, 0.05) is 11.4 Å². The smallest absolute Gasteiger partial charge is 0.145 e. The number of rotatable bonds is 4. The average molecular weight is 269 g/mol. The van der Waals surface area contributed by atoms with Gasteiger partial charge in [-0.05, 0) is 34.4 Å². The van der Waals surface area contributed by atoms with Crippen molar-refractivity contribution in [2.24, 2.45) is 5.73 Å². The summed E-state index contributed by atoms with van der Waals surface area (Å²) in [7, 11) is 0. The van der Waals surface area contributed by atoms with Crippen LogP contribution in [0.25, 0.3) is 10.8 Å². The number of hydrogen-bond donors (Lipinski definition) is 1. The first-order chi connectivity index (χ1) is 9.36. The van der Waals surface area contributed by atoms with Crippen LogP contribution in [0.3, 0.4) is 0 Å². The van der Waals surface area contributed by atoms with E-state index in [2.05, 4.69) is 30.3 Å². The zero-order chi connectivity index (χ0) is 13.1. The minimum absolute atomic E-state index is 0.0684. The average Bonchev–Trinajstić information content (AvgIpc) is 2.98. The summed E-state index contributed by atoms with van der Waals surface area (Å²) >= 11 is 1.67. The summed E-state index contributed by atoms with van der Waals surface area (Å²) in [5, 5.41) is 4.44. The molecule has 1 heterocycles. The topological polar surface area (TPSA) is 35.2 Å². The van der Waals surface area contributed by atoms with E-state index in [1.54, 1.807) is 11.3 Å². The van der Waals surface area contributed by atoms with Crippen LogP contribution in [0.4, 0.5) is 0 Å². The number of fused-ring (bicyclic) bond motifs is 1. The molecule has 0 aliphatic carbocycles. The van der Waals surface area contributed by atoms with Gasteiger partial charge >= 0.3 is 0 Å². The van der Waals surface area contributed by atoms with E-state index >= 15 is 0 Å². The molecule has 3 rings (SSSR count). The Kier molecular flexibility index (Phi) is 3.49. The second kappa shape index (κ2) is 5.43. The van der Waals surface area contributed by atoms with E-state index in [0.29, 0.717) is 6.54 Å². The fraction of sp³-hybridized carbons (Fsp3) is 0.125. The predicted molar refractivity (Wildman–Crippen MR) is 80.7 cm³/mol. The first kappa shape index (κ1) is 12.2. The van der Waals surface area contributed by atoms with E-state index < -0.39 is 0 Å². The van der Waals surface area contributed by atoms with Gasteiger partial charge in [-0.25, -0.2) is 0 Å². The van der Waals surface area contributed by atoms with E-state index in [1.807, 2.05) is 29.6 Å². The molecule has 0 saturated carbocycles. The molecule has 2 aromatic carbocycles. The van der Waals surface area contributed by atoms with Crippen LogP contribution in [0.15, 0.2) is 60.0 Å². The lowest BCUT2D eigenvalue weighted by atomic mass is 10.1. The van der Waals surface area contributed by atoms with Gasteiger partial charge in [-0.2, -0.15) is 0 Å². The van der Waals surface area contributed by atoms with E-state index in [9.17, 15) is 0 Å². The molecule has 1 atom stereocenters. The zero-order valence-electron chi connectivity index (χ0n) is 10.5. The van der Waals surface area contributed by atoms with E-state index in [0.717, 1.165) is 10.6 Å². The molecule has 19 heavy (non-hydrogen) atoms. The lowest BCUT2D eigenvalue weighted by Crippen LogP contribution is -2.17. The van der Waals surface area contributed by atoms with E-state index in [1.165, 1.54) is 10.8 Å². The molecule has 0 saturated heterocycles. The second-order valence-electron chi connectivity index (χ2n) is 4.37. The quantitative estimate of drug-likeness (QED) is 0.777. The van der Waals surface area contributed by atoms with E-state index in [-0.39, 0.29) is 6.10 Å². The fourth-order valence-corrected chi connectivity index (χ4v) is 2.87. The SMILES string of the molecule is NCC(Oc1ccc2ccccc2c1)c1cccs1. The van der Waals surface area contributed by atoms with Crippen molar-refractivity contribution < 1.29 is 4.74 Å². The summed E-state index contributed by atoms with van der Waals surface area (Å²) in [6.45, 7) is 0.480. The van der Waals surface area contributed by atoms with E-state index in [4.69, 9.17) is 10.5 Å². The number of nitrogens with two attached hydrogens (primary N) is 1. The van der Waals surface area contributed by atoms with Crippen LogP contribution < -0.4 is 10.5 Å². The molecule has 0 radical (unpaired) electrons. The highest BCUT2D eigenvalue weighted by atomic mass is 32.1. The van der Waals surface area contributed by atoms with Gasteiger partial charge in [-0.15, -0.1) is 11.3 Å². The van der Waals surface area contributed by atoms with Gasteiger partial charge in [0.1, 0.15) is 11.9 Å². The van der Waals surface area contributed by atoms with Gasteiger partial charge in [0.2, 0.25) is 0 Å².